The standard InChI is InChI=1S/C19H20F2N4O4/c1-25(9-11-3-6-15(29-18(20)21)16(7-11)28-2)10-17(26)22-12-4-5-13-14(8-12)24-19(27)23-13/h3-8,18H,9-10H2,1-2H3,(H,22,26)(H2,23,24,27). The second-order valence-electron chi connectivity index (χ2n) is 6.42. The maximum absolute atomic E-state index is 12.4. The van der Waals surface area contributed by atoms with Crippen molar-refractivity contribution in [1.29, 1.82) is 0 Å². The number of fused-ring (bicyclic) bond motifs is 1. The Labute approximate surface area is 164 Å². The fraction of sp³-hybridized carbons (Fsp3) is 0.263. The van der Waals surface area contributed by atoms with Gasteiger partial charge in [0.25, 0.3) is 0 Å². The fourth-order valence-corrected chi connectivity index (χ4v) is 2.93. The van der Waals surface area contributed by atoms with E-state index in [9.17, 15) is 18.4 Å². The van der Waals surface area contributed by atoms with Crippen LogP contribution in [-0.2, 0) is 11.3 Å². The molecule has 3 rings (SSSR count). The molecule has 0 unspecified atom stereocenters. The van der Waals surface area contributed by atoms with Gasteiger partial charge in [0, 0.05) is 12.2 Å². The molecule has 2 aromatic carbocycles. The number of nitrogens with zero attached hydrogens (tertiary/aromatic N) is 1. The maximum Gasteiger partial charge on any atom is 0.387 e. The quantitative estimate of drug-likeness (QED) is 0.534. The number of hydrogen-bond acceptors (Lipinski definition) is 5. The van der Waals surface area contributed by atoms with Crippen molar-refractivity contribution >= 4 is 22.6 Å². The summed E-state index contributed by atoms with van der Waals surface area (Å²) in [6.45, 7) is -2.45. The molecular formula is C19H20F2N4O4. The summed E-state index contributed by atoms with van der Waals surface area (Å²) < 4.78 is 34.3. The summed E-state index contributed by atoms with van der Waals surface area (Å²) in [6, 6.07) is 9.67. The van der Waals surface area contributed by atoms with Gasteiger partial charge in [0.05, 0.1) is 24.7 Å². The zero-order valence-corrected chi connectivity index (χ0v) is 15.8. The van der Waals surface area contributed by atoms with Gasteiger partial charge in [-0.1, -0.05) is 6.07 Å². The molecule has 0 saturated carbocycles. The number of imidazole rings is 1. The lowest BCUT2D eigenvalue weighted by Gasteiger charge is -2.18. The molecule has 3 N–H and O–H groups in total. The monoisotopic (exact) mass is 406 g/mol. The van der Waals surface area contributed by atoms with Gasteiger partial charge in [-0.05, 0) is 42.9 Å². The van der Waals surface area contributed by atoms with Crippen molar-refractivity contribution in [2.24, 2.45) is 0 Å². The van der Waals surface area contributed by atoms with Gasteiger partial charge in [-0.15, -0.1) is 0 Å². The molecule has 0 aliphatic carbocycles. The number of H-pyrrole nitrogens is 2. The molecule has 0 fully saturated rings. The lowest BCUT2D eigenvalue weighted by Crippen LogP contribution is -2.29. The van der Waals surface area contributed by atoms with E-state index in [2.05, 4.69) is 20.0 Å². The van der Waals surface area contributed by atoms with Crippen molar-refractivity contribution < 1.29 is 23.0 Å². The maximum atomic E-state index is 12.4. The summed E-state index contributed by atoms with van der Waals surface area (Å²) in [5, 5.41) is 2.77. The van der Waals surface area contributed by atoms with Gasteiger partial charge >= 0.3 is 12.3 Å². The van der Waals surface area contributed by atoms with Crippen LogP contribution in [0.3, 0.4) is 0 Å². The number of methoxy groups -OCH3 is 1. The topological polar surface area (TPSA) is 99.5 Å². The Morgan fingerprint density at radius 3 is 2.62 bits per heavy atom. The first-order valence-corrected chi connectivity index (χ1v) is 8.66. The van der Waals surface area contributed by atoms with E-state index >= 15 is 0 Å². The highest BCUT2D eigenvalue weighted by Gasteiger charge is 2.13. The van der Waals surface area contributed by atoms with E-state index in [0.29, 0.717) is 23.3 Å². The zero-order chi connectivity index (χ0) is 21.0. The first-order chi connectivity index (χ1) is 13.8. The van der Waals surface area contributed by atoms with Crippen molar-refractivity contribution in [3.05, 3.63) is 52.4 Å². The van der Waals surface area contributed by atoms with E-state index < -0.39 is 6.61 Å². The third-order valence-electron chi connectivity index (χ3n) is 4.11. The van der Waals surface area contributed by atoms with E-state index in [-0.39, 0.29) is 29.6 Å². The molecule has 0 saturated heterocycles. The Bertz CT molecular complexity index is 1060. The van der Waals surface area contributed by atoms with Gasteiger partial charge in [0.2, 0.25) is 5.91 Å². The molecule has 154 valence electrons. The summed E-state index contributed by atoms with van der Waals surface area (Å²) in [4.78, 5) is 30.6. The molecule has 0 spiro atoms. The average Bonchev–Trinajstić information content (AvgIpc) is 3.01. The first kappa shape index (κ1) is 20.3. The molecule has 0 aliphatic heterocycles. The highest BCUT2D eigenvalue weighted by Crippen LogP contribution is 2.29. The molecule has 1 amide bonds. The number of alkyl halides is 2. The summed E-state index contributed by atoms with van der Waals surface area (Å²) in [7, 11) is 3.12. The molecule has 8 nitrogen and oxygen atoms in total. The van der Waals surface area contributed by atoms with Crippen LogP contribution in [0.2, 0.25) is 0 Å². The number of rotatable bonds is 8. The van der Waals surface area contributed by atoms with Crippen LogP contribution in [0.4, 0.5) is 14.5 Å². The smallest absolute Gasteiger partial charge is 0.387 e. The normalized spacial score (nSPS) is 11.2. The Balaban J connectivity index is 1.59. The van der Waals surface area contributed by atoms with E-state index in [0.717, 1.165) is 5.56 Å². The van der Waals surface area contributed by atoms with E-state index in [1.165, 1.54) is 13.2 Å². The number of ether oxygens (including phenoxy) is 2. The molecular weight excluding hydrogens is 386 g/mol. The summed E-state index contributed by atoms with van der Waals surface area (Å²) in [5.74, 6) is -0.103. The number of carbonyl (C=O) groups is 1. The zero-order valence-electron chi connectivity index (χ0n) is 15.8. The number of halogens is 2. The van der Waals surface area contributed by atoms with Crippen molar-refractivity contribution in [3.8, 4) is 11.5 Å². The van der Waals surface area contributed by atoms with Crippen molar-refractivity contribution in [2.75, 3.05) is 26.0 Å². The second kappa shape index (κ2) is 8.74. The Kier molecular flexibility index (Phi) is 6.13. The molecule has 1 heterocycles. The van der Waals surface area contributed by atoms with E-state index in [4.69, 9.17) is 4.74 Å². The highest BCUT2D eigenvalue weighted by atomic mass is 19.3. The second-order valence-corrected chi connectivity index (χ2v) is 6.42. The molecule has 0 radical (unpaired) electrons. The van der Waals surface area contributed by atoms with Gasteiger partial charge in [0.15, 0.2) is 11.5 Å². The lowest BCUT2D eigenvalue weighted by atomic mass is 10.2. The SMILES string of the molecule is COc1cc(CN(C)CC(=O)Nc2ccc3[nH]c(=O)[nH]c3c2)ccc1OC(F)F. The number of aromatic amines is 2. The van der Waals surface area contributed by atoms with Gasteiger partial charge in [-0.25, -0.2) is 4.79 Å². The third-order valence-corrected chi connectivity index (χ3v) is 4.11. The Hall–Kier alpha value is -3.40. The minimum absolute atomic E-state index is 0.0511. The first-order valence-electron chi connectivity index (χ1n) is 8.66. The van der Waals surface area contributed by atoms with Crippen molar-refractivity contribution in [2.45, 2.75) is 13.2 Å². The third kappa shape index (κ3) is 5.32. The number of benzene rings is 2. The number of aromatic nitrogens is 2. The summed E-state index contributed by atoms with van der Waals surface area (Å²) in [6.07, 6.45) is 0. The molecule has 0 atom stereocenters. The Morgan fingerprint density at radius 1 is 1.14 bits per heavy atom. The number of hydrogen-bond donors (Lipinski definition) is 3. The fourth-order valence-electron chi connectivity index (χ4n) is 2.93. The molecule has 1 aromatic heterocycles. The van der Waals surface area contributed by atoms with Crippen LogP contribution in [0.1, 0.15) is 5.56 Å². The van der Waals surface area contributed by atoms with Crippen LogP contribution in [0.5, 0.6) is 11.5 Å². The number of anilines is 1. The minimum atomic E-state index is -2.94. The van der Waals surface area contributed by atoms with E-state index in [1.807, 2.05) is 0 Å². The number of likely N-dealkylation sites (N-methyl/N-ethyl adjacent to an activating group) is 1. The highest BCUT2D eigenvalue weighted by molar-refractivity contribution is 5.94. The van der Waals surface area contributed by atoms with Crippen LogP contribution in [0.25, 0.3) is 11.0 Å². The predicted octanol–water partition coefficient (Wildman–Crippen LogP) is 2.54. The Morgan fingerprint density at radius 2 is 1.90 bits per heavy atom. The van der Waals surface area contributed by atoms with Crippen molar-refractivity contribution in [3.63, 3.8) is 0 Å². The van der Waals surface area contributed by atoms with Crippen LogP contribution in [0.15, 0.2) is 41.2 Å². The molecule has 0 aliphatic rings. The van der Waals surface area contributed by atoms with Crippen LogP contribution in [-0.4, -0.2) is 48.1 Å². The molecule has 0 bridgehead atoms. The molecule has 3 aromatic rings. The van der Waals surface area contributed by atoms with Gasteiger partial charge < -0.3 is 24.8 Å². The molecule has 10 heteroatoms. The average molecular weight is 406 g/mol. The lowest BCUT2D eigenvalue weighted by molar-refractivity contribution is -0.117. The van der Waals surface area contributed by atoms with Crippen LogP contribution >= 0.6 is 0 Å². The largest absolute Gasteiger partial charge is 0.493 e. The van der Waals surface area contributed by atoms with Gasteiger partial charge in [-0.2, -0.15) is 8.78 Å². The summed E-state index contributed by atoms with van der Waals surface area (Å²) >= 11 is 0. The minimum Gasteiger partial charge on any atom is -0.493 e. The van der Waals surface area contributed by atoms with Gasteiger partial charge in [-0.3, -0.25) is 9.69 Å². The van der Waals surface area contributed by atoms with Crippen LogP contribution in [0, 0.1) is 0 Å². The molecule has 29 heavy (non-hydrogen) atoms. The number of amides is 1. The predicted molar refractivity (Wildman–Crippen MR) is 104 cm³/mol. The number of carbonyl (C=O) groups excluding carboxylic acids is 1. The van der Waals surface area contributed by atoms with Crippen LogP contribution < -0.4 is 20.5 Å². The summed E-state index contributed by atoms with van der Waals surface area (Å²) in [5.41, 5.74) is 2.26. The number of nitrogens with one attached hydrogen (secondary N) is 3. The van der Waals surface area contributed by atoms with Crippen molar-refractivity contribution in [1.82, 2.24) is 14.9 Å². The van der Waals surface area contributed by atoms with E-state index in [1.54, 1.807) is 42.3 Å². The van der Waals surface area contributed by atoms with Gasteiger partial charge in [0.1, 0.15) is 0 Å².